The van der Waals surface area contributed by atoms with E-state index in [1.807, 2.05) is 6.07 Å². The van der Waals surface area contributed by atoms with E-state index in [2.05, 4.69) is 10.6 Å². The number of thiophene rings is 1. The fourth-order valence-corrected chi connectivity index (χ4v) is 3.53. The van der Waals surface area contributed by atoms with Gasteiger partial charge >= 0.3 is 0 Å². The Hall–Kier alpha value is -1.46. The van der Waals surface area contributed by atoms with E-state index in [-0.39, 0.29) is 17.8 Å². The van der Waals surface area contributed by atoms with Crippen LogP contribution in [0, 0.1) is 5.82 Å². The van der Waals surface area contributed by atoms with Crippen LogP contribution in [-0.2, 0) is 0 Å². The van der Waals surface area contributed by atoms with Gasteiger partial charge in [0.15, 0.2) is 0 Å². The quantitative estimate of drug-likeness (QED) is 0.893. The van der Waals surface area contributed by atoms with Crippen molar-refractivity contribution in [2.75, 3.05) is 13.1 Å². The molecule has 1 aromatic heterocycles. The molecule has 2 heterocycles. The molecule has 0 spiro atoms. The predicted octanol–water partition coefficient (Wildman–Crippen LogP) is 2.91. The van der Waals surface area contributed by atoms with Gasteiger partial charge in [0.2, 0.25) is 0 Å². The summed E-state index contributed by atoms with van der Waals surface area (Å²) in [6.07, 6.45) is 3.06. The minimum atomic E-state index is -0.263. The Balaban J connectivity index is 1.74. The molecule has 0 bridgehead atoms. The molecule has 1 amide bonds. The third-order valence-corrected chi connectivity index (χ3v) is 4.71. The van der Waals surface area contributed by atoms with Crippen LogP contribution in [0.25, 0.3) is 10.1 Å². The molecule has 1 saturated heterocycles. The van der Waals surface area contributed by atoms with Gasteiger partial charge in [-0.2, -0.15) is 0 Å². The van der Waals surface area contributed by atoms with E-state index in [4.69, 9.17) is 0 Å². The number of carbonyl (C=O) groups is 1. The Morgan fingerprint density at radius 3 is 3.10 bits per heavy atom. The number of rotatable bonds is 2. The lowest BCUT2D eigenvalue weighted by atomic mass is 10.1. The van der Waals surface area contributed by atoms with Crippen LogP contribution >= 0.6 is 11.3 Å². The molecular weight excluding hydrogens is 275 g/mol. The van der Waals surface area contributed by atoms with Gasteiger partial charge in [0.25, 0.3) is 5.91 Å². The second-order valence-electron chi connectivity index (χ2n) is 5.14. The van der Waals surface area contributed by atoms with E-state index < -0.39 is 0 Å². The third-order valence-electron chi connectivity index (χ3n) is 3.62. The van der Waals surface area contributed by atoms with Gasteiger partial charge in [-0.25, -0.2) is 4.39 Å². The second kappa shape index (κ2) is 5.89. The predicted molar refractivity (Wildman–Crippen MR) is 79.8 cm³/mol. The number of carbonyl (C=O) groups excluding carboxylic acids is 1. The molecule has 5 heteroatoms. The molecule has 3 rings (SSSR count). The van der Waals surface area contributed by atoms with Crippen LogP contribution in [0.15, 0.2) is 24.3 Å². The number of hydrogen-bond donors (Lipinski definition) is 2. The Morgan fingerprint density at radius 1 is 1.30 bits per heavy atom. The van der Waals surface area contributed by atoms with Gasteiger partial charge in [0.05, 0.1) is 4.88 Å². The van der Waals surface area contributed by atoms with Crippen molar-refractivity contribution < 1.29 is 9.18 Å². The molecule has 0 saturated carbocycles. The molecule has 1 atom stereocenters. The first-order valence-electron chi connectivity index (χ1n) is 6.93. The number of hydrogen-bond acceptors (Lipinski definition) is 3. The number of benzene rings is 1. The van der Waals surface area contributed by atoms with Crippen molar-refractivity contribution in [3.63, 3.8) is 0 Å². The molecule has 0 radical (unpaired) electrons. The monoisotopic (exact) mass is 292 g/mol. The van der Waals surface area contributed by atoms with Crippen LogP contribution in [0.4, 0.5) is 4.39 Å². The van der Waals surface area contributed by atoms with Gasteiger partial charge in [0, 0.05) is 10.7 Å². The SMILES string of the molecule is O=C(NC1CCCNCC1)c1cc2ccc(F)cc2s1. The van der Waals surface area contributed by atoms with Gasteiger partial charge in [-0.15, -0.1) is 11.3 Å². The summed E-state index contributed by atoms with van der Waals surface area (Å²) in [6.45, 7) is 1.97. The number of nitrogens with one attached hydrogen (secondary N) is 2. The first kappa shape index (κ1) is 13.5. The zero-order valence-electron chi connectivity index (χ0n) is 11.1. The van der Waals surface area contributed by atoms with Crippen LogP contribution in [-0.4, -0.2) is 25.0 Å². The van der Waals surface area contributed by atoms with Crippen LogP contribution in [0.3, 0.4) is 0 Å². The van der Waals surface area contributed by atoms with Crippen LogP contribution in [0.5, 0.6) is 0 Å². The fourth-order valence-electron chi connectivity index (χ4n) is 2.54. The highest BCUT2D eigenvalue weighted by molar-refractivity contribution is 7.20. The van der Waals surface area contributed by atoms with Crippen molar-refractivity contribution in [2.45, 2.75) is 25.3 Å². The summed E-state index contributed by atoms with van der Waals surface area (Å²) in [5.41, 5.74) is 0. The summed E-state index contributed by atoms with van der Waals surface area (Å²) in [6, 6.07) is 6.69. The summed E-state index contributed by atoms with van der Waals surface area (Å²) >= 11 is 1.35. The number of fused-ring (bicyclic) bond motifs is 1. The molecule has 2 N–H and O–H groups in total. The molecule has 1 fully saturated rings. The van der Waals surface area contributed by atoms with E-state index in [0.717, 1.165) is 42.4 Å². The van der Waals surface area contributed by atoms with Gasteiger partial charge in [0.1, 0.15) is 5.82 Å². The number of amides is 1. The highest BCUT2D eigenvalue weighted by atomic mass is 32.1. The largest absolute Gasteiger partial charge is 0.349 e. The van der Waals surface area contributed by atoms with Crippen molar-refractivity contribution in [1.82, 2.24) is 10.6 Å². The summed E-state index contributed by atoms with van der Waals surface area (Å²) in [5.74, 6) is -0.306. The third kappa shape index (κ3) is 2.99. The van der Waals surface area contributed by atoms with E-state index >= 15 is 0 Å². The standard InChI is InChI=1S/C15H17FN2OS/c16-11-4-3-10-8-14(20-13(10)9-11)15(19)18-12-2-1-6-17-7-5-12/h3-4,8-9,12,17H,1-2,5-7H2,(H,18,19). The summed E-state index contributed by atoms with van der Waals surface area (Å²) < 4.78 is 14.0. The molecule has 1 aliphatic rings. The van der Waals surface area contributed by atoms with Crippen LogP contribution in [0.1, 0.15) is 28.9 Å². The maximum Gasteiger partial charge on any atom is 0.261 e. The molecule has 3 nitrogen and oxygen atoms in total. The zero-order valence-corrected chi connectivity index (χ0v) is 11.9. The van der Waals surface area contributed by atoms with E-state index in [0.29, 0.717) is 4.88 Å². The summed E-state index contributed by atoms with van der Waals surface area (Å²) in [7, 11) is 0. The summed E-state index contributed by atoms with van der Waals surface area (Å²) in [5, 5.41) is 7.34. The maximum atomic E-state index is 13.2. The Bertz CT molecular complexity index is 617. The highest BCUT2D eigenvalue weighted by Crippen LogP contribution is 2.26. The van der Waals surface area contributed by atoms with Crippen molar-refractivity contribution in [2.24, 2.45) is 0 Å². The number of halogens is 1. The molecule has 1 aliphatic heterocycles. The molecule has 106 valence electrons. The average molecular weight is 292 g/mol. The van der Waals surface area contributed by atoms with Crippen LogP contribution < -0.4 is 10.6 Å². The molecular formula is C15H17FN2OS. The van der Waals surface area contributed by atoms with Crippen molar-refractivity contribution in [3.05, 3.63) is 35.0 Å². The van der Waals surface area contributed by atoms with E-state index in [1.54, 1.807) is 6.07 Å². The second-order valence-corrected chi connectivity index (χ2v) is 6.23. The minimum absolute atomic E-state index is 0.0430. The van der Waals surface area contributed by atoms with Crippen LogP contribution in [0.2, 0.25) is 0 Å². The van der Waals surface area contributed by atoms with E-state index in [9.17, 15) is 9.18 Å². The minimum Gasteiger partial charge on any atom is -0.349 e. The smallest absolute Gasteiger partial charge is 0.261 e. The topological polar surface area (TPSA) is 41.1 Å². The van der Waals surface area contributed by atoms with Crippen molar-refractivity contribution in [1.29, 1.82) is 0 Å². The molecule has 1 unspecified atom stereocenters. The molecule has 0 aliphatic carbocycles. The van der Waals surface area contributed by atoms with Gasteiger partial charge in [-0.1, -0.05) is 6.07 Å². The van der Waals surface area contributed by atoms with Crippen molar-refractivity contribution in [3.8, 4) is 0 Å². The average Bonchev–Trinajstić information content (AvgIpc) is 2.68. The van der Waals surface area contributed by atoms with Gasteiger partial charge in [-0.3, -0.25) is 4.79 Å². The first-order valence-corrected chi connectivity index (χ1v) is 7.75. The molecule has 1 aromatic carbocycles. The van der Waals surface area contributed by atoms with Gasteiger partial charge < -0.3 is 10.6 Å². The lowest BCUT2D eigenvalue weighted by molar-refractivity contribution is 0.0938. The van der Waals surface area contributed by atoms with Crippen molar-refractivity contribution >= 4 is 27.3 Å². The van der Waals surface area contributed by atoms with Gasteiger partial charge in [-0.05, 0) is 55.9 Å². The highest BCUT2D eigenvalue weighted by Gasteiger charge is 2.17. The molecule has 20 heavy (non-hydrogen) atoms. The fraction of sp³-hybridized carbons (Fsp3) is 0.400. The Kier molecular flexibility index (Phi) is 3.98. The first-order chi connectivity index (χ1) is 9.72. The lowest BCUT2D eigenvalue weighted by Gasteiger charge is -2.14. The zero-order chi connectivity index (χ0) is 13.9. The lowest BCUT2D eigenvalue weighted by Crippen LogP contribution is -2.34. The molecule has 2 aromatic rings. The Morgan fingerprint density at radius 2 is 2.20 bits per heavy atom. The van der Waals surface area contributed by atoms with E-state index in [1.165, 1.54) is 23.5 Å². The Labute approximate surface area is 121 Å². The normalized spacial score (nSPS) is 19.8. The maximum absolute atomic E-state index is 13.2. The summed E-state index contributed by atoms with van der Waals surface area (Å²) in [4.78, 5) is 12.9.